The normalized spacial score (nSPS) is 11.8. The highest BCUT2D eigenvalue weighted by atomic mass is 35.5. The average Bonchev–Trinajstić information content (AvgIpc) is 2.98. The molecule has 0 amide bonds. The molecule has 0 spiro atoms. The fourth-order valence-corrected chi connectivity index (χ4v) is 3.95. The van der Waals surface area contributed by atoms with Crippen molar-refractivity contribution < 1.29 is 4.79 Å². The highest BCUT2D eigenvalue weighted by molar-refractivity contribution is 6.03. The molecule has 0 saturated heterocycles. The molecular weight excluding hydrogens is 492 g/mol. The van der Waals surface area contributed by atoms with Gasteiger partial charge in [0.05, 0.1) is 28.7 Å². The summed E-state index contributed by atoms with van der Waals surface area (Å²) in [5.41, 5.74) is 5.43. The van der Waals surface area contributed by atoms with Gasteiger partial charge in [-0.2, -0.15) is 20.5 Å². The zero-order chi connectivity index (χ0) is 25.3. The van der Waals surface area contributed by atoms with Crippen LogP contribution in [0.25, 0.3) is 0 Å². The molecule has 38 heavy (non-hydrogen) atoms. The molecule has 0 atom stereocenters. The predicted octanol–water partition coefficient (Wildman–Crippen LogP) is 9.95. The maximum Gasteiger partial charge on any atom is 0.174 e. The van der Waals surface area contributed by atoms with Crippen LogP contribution in [0.2, 0.25) is 0 Å². The van der Waals surface area contributed by atoms with Gasteiger partial charge in [-0.15, -0.1) is 12.4 Å². The first kappa shape index (κ1) is 26.3. The lowest BCUT2D eigenvalue weighted by molar-refractivity contribution is 0.0974. The van der Waals surface area contributed by atoms with Crippen LogP contribution in [0.4, 0.5) is 22.7 Å². The van der Waals surface area contributed by atoms with E-state index in [9.17, 15) is 4.79 Å². The van der Waals surface area contributed by atoms with Crippen molar-refractivity contribution in [1.29, 1.82) is 0 Å². The Morgan fingerprint density at radius 3 is 1.11 bits per heavy atom. The molecule has 0 bridgehead atoms. The summed E-state index contributed by atoms with van der Waals surface area (Å²) in [4.78, 5) is 13.7. The highest BCUT2D eigenvalue weighted by Gasteiger charge is 2.24. The van der Waals surface area contributed by atoms with Crippen LogP contribution >= 0.6 is 12.4 Å². The minimum atomic E-state index is -0.470. The molecule has 0 aromatic heterocycles. The summed E-state index contributed by atoms with van der Waals surface area (Å²) in [5.74, 6) is -0.444. The van der Waals surface area contributed by atoms with Crippen molar-refractivity contribution in [2.24, 2.45) is 20.5 Å². The van der Waals surface area contributed by atoms with Crippen molar-refractivity contribution in [3.05, 3.63) is 156 Å². The number of carbonyl (C=O) groups is 1. The number of hydrogen-bond donors (Lipinski definition) is 0. The Bertz CT molecular complexity index is 1410. The molecule has 5 rings (SSSR count). The molecule has 186 valence electrons. The van der Waals surface area contributed by atoms with E-state index in [0.717, 1.165) is 33.9 Å². The van der Waals surface area contributed by atoms with Gasteiger partial charge >= 0.3 is 0 Å². The number of nitrogens with zero attached hydrogens (tertiary/aromatic N) is 4. The molecular formula is C32H25ClN4O. The standard InChI is InChI=1S/C32H24N4O.ClH/c37-32(26-10-4-1-5-11-26)31(24-16-20-29(21-17-24)35-33-27-12-6-2-7-13-27)25-18-22-30(23-19-25)36-34-28-14-8-3-9-15-28;/h1-23,31H;1H. The van der Waals surface area contributed by atoms with Crippen LogP contribution < -0.4 is 0 Å². The number of rotatable bonds is 8. The summed E-state index contributed by atoms with van der Waals surface area (Å²) in [6, 6.07) is 43.8. The summed E-state index contributed by atoms with van der Waals surface area (Å²) >= 11 is 0. The van der Waals surface area contributed by atoms with E-state index >= 15 is 0 Å². The lowest BCUT2D eigenvalue weighted by Gasteiger charge is -2.17. The molecule has 0 aliphatic carbocycles. The van der Waals surface area contributed by atoms with Crippen LogP contribution in [0.15, 0.2) is 160 Å². The second kappa shape index (κ2) is 13.0. The first-order valence-corrected chi connectivity index (χ1v) is 12.0. The van der Waals surface area contributed by atoms with E-state index in [-0.39, 0.29) is 18.2 Å². The number of benzene rings is 5. The van der Waals surface area contributed by atoms with Crippen molar-refractivity contribution >= 4 is 40.9 Å². The molecule has 0 N–H and O–H groups in total. The van der Waals surface area contributed by atoms with E-state index in [2.05, 4.69) is 20.5 Å². The fourth-order valence-electron chi connectivity index (χ4n) is 3.95. The van der Waals surface area contributed by atoms with Crippen molar-refractivity contribution in [2.45, 2.75) is 5.92 Å². The lowest BCUT2D eigenvalue weighted by Crippen LogP contribution is -2.14. The third-order valence-electron chi connectivity index (χ3n) is 5.85. The second-order valence-electron chi connectivity index (χ2n) is 8.42. The van der Waals surface area contributed by atoms with Crippen LogP contribution in [0.5, 0.6) is 0 Å². The summed E-state index contributed by atoms with van der Waals surface area (Å²) in [6.45, 7) is 0. The van der Waals surface area contributed by atoms with Crippen molar-refractivity contribution in [1.82, 2.24) is 0 Å². The largest absolute Gasteiger partial charge is 0.293 e. The molecule has 0 aliphatic heterocycles. The SMILES string of the molecule is Cl.O=C(c1ccccc1)C(c1ccc(N=Nc2ccccc2)cc1)c1ccc(N=Nc2ccccc2)cc1. The molecule has 6 heteroatoms. The Balaban J connectivity index is 0.00000336. The first-order valence-electron chi connectivity index (χ1n) is 12.0. The van der Waals surface area contributed by atoms with Gasteiger partial charge in [0.2, 0.25) is 0 Å². The van der Waals surface area contributed by atoms with Crippen molar-refractivity contribution in [3.8, 4) is 0 Å². The molecule has 5 nitrogen and oxygen atoms in total. The van der Waals surface area contributed by atoms with Gasteiger partial charge in [-0.05, 0) is 59.7 Å². The zero-order valence-corrected chi connectivity index (χ0v) is 21.3. The van der Waals surface area contributed by atoms with E-state index < -0.39 is 5.92 Å². The Morgan fingerprint density at radius 2 is 0.737 bits per heavy atom. The summed E-state index contributed by atoms with van der Waals surface area (Å²) in [7, 11) is 0. The molecule has 0 saturated carbocycles. The number of hydrogen-bond acceptors (Lipinski definition) is 5. The highest BCUT2D eigenvalue weighted by Crippen LogP contribution is 2.32. The maximum absolute atomic E-state index is 13.7. The minimum Gasteiger partial charge on any atom is -0.293 e. The van der Waals surface area contributed by atoms with E-state index in [1.54, 1.807) is 0 Å². The first-order chi connectivity index (χ1) is 18.3. The fraction of sp³-hybridized carbons (Fsp3) is 0.0312. The topological polar surface area (TPSA) is 66.5 Å². The third-order valence-corrected chi connectivity index (χ3v) is 5.85. The van der Waals surface area contributed by atoms with Crippen LogP contribution in [-0.4, -0.2) is 5.78 Å². The lowest BCUT2D eigenvalue weighted by atomic mass is 9.84. The monoisotopic (exact) mass is 516 g/mol. The summed E-state index contributed by atoms with van der Waals surface area (Å²) < 4.78 is 0. The van der Waals surface area contributed by atoms with Gasteiger partial charge in [0.1, 0.15) is 0 Å². The third kappa shape index (κ3) is 6.72. The van der Waals surface area contributed by atoms with Crippen LogP contribution in [0.1, 0.15) is 27.4 Å². The van der Waals surface area contributed by atoms with Crippen molar-refractivity contribution in [3.63, 3.8) is 0 Å². The van der Waals surface area contributed by atoms with E-state index in [1.807, 2.05) is 140 Å². The van der Waals surface area contributed by atoms with Crippen LogP contribution in [-0.2, 0) is 0 Å². The summed E-state index contributed by atoms with van der Waals surface area (Å²) in [5, 5.41) is 17.2. The summed E-state index contributed by atoms with van der Waals surface area (Å²) in [6.07, 6.45) is 0. The molecule has 0 unspecified atom stereocenters. The van der Waals surface area contributed by atoms with Gasteiger partial charge in [0.15, 0.2) is 5.78 Å². The van der Waals surface area contributed by atoms with Gasteiger partial charge < -0.3 is 0 Å². The second-order valence-corrected chi connectivity index (χ2v) is 8.42. The van der Waals surface area contributed by atoms with Gasteiger partial charge in [0, 0.05) is 5.56 Å². The Labute approximate surface area is 228 Å². The number of Topliss-reactive ketones (excluding diaryl/α,β-unsaturated/α-hetero) is 1. The Kier molecular flexibility index (Phi) is 9.00. The maximum atomic E-state index is 13.7. The van der Waals surface area contributed by atoms with Crippen LogP contribution in [0.3, 0.4) is 0 Å². The van der Waals surface area contributed by atoms with E-state index in [0.29, 0.717) is 5.56 Å². The number of halogens is 1. The Morgan fingerprint density at radius 1 is 0.421 bits per heavy atom. The Hall–Kier alpha value is -4.74. The van der Waals surface area contributed by atoms with Gasteiger partial charge in [-0.25, -0.2) is 0 Å². The molecule has 0 fully saturated rings. The quantitative estimate of drug-likeness (QED) is 0.149. The smallest absolute Gasteiger partial charge is 0.174 e. The number of carbonyl (C=O) groups excluding carboxylic acids is 1. The van der Waals surface area contributed by atoms with Crippen molar-refractivity contribution in [2.75, 3.05) is 0 Å². The van der Waals surface area contributed by atoms with Crippen LogP contribution in [0, 0.1) is 0 Å². The molecule has 0 heterocycles. The molecule has 0 radical (unpaired) electrons. The van der Waals surface area contributed by atoms with E-state index in [4.69, 9.17) is 0 Å². The molecule has 5 aromatic rings. The van der Waals surface area contributed by atoms with Gasteiger partial charge in [0.25, 0.3) is 0 Å². The average molecular weight is 517 g/mol. The molecule has 5 aromatic carbocycles. The molecule has 0 aliphatic rings. The number of azo groups is 2. The van der Waals surface area contributed by atoms with Gasteiger partial charge in [-0.1, -0.05) is 91.0 Å². The van der Waals surface area contributed by atoms with E-state index in [1.165, 1.54) is 0 Å². The number of ketones is 1. The zero-order valence-electron chi connectivity index (χ0n) is 20.5. The predicted molar refractivity (Wildman–Crippen MR) is 154 cm³/mol. The van der Waals surface area contributed by atoms with Gasteiger partial charge in [-0.3, -0.25) is 4.79 Å². The minimum absolute atomic E-state index is 0.